The highest BCUT2D eigenvalue weighted by Gasteiger charge is 2.15. The van der Waals surface area contributed by atoms with E-state index in [4.69, 9.17) is 4.98 Å². The molecule has 4 rings (SSSR count). The van der Waals surface area contributed by atoms with Gasteiger partial charge in [-0.25, -0.2) is 4.98 Å². The Bertz CT molecular complexity index is 1120. The van der Waals surface area contributed by atoms with Crippen molar-refractivity contribution in [1.82, 2.24) is 14.8 Å². The summed E-state index contributed by atoms with van der Waals surface area (Å²) in [7, 11) is 0. The number of hydrogen-bond donors (Lipinski definition) is 1. The molecule has 0 saturated heterocycles. The molecular weight excluding hydrogens is 368 g/mol. The molecular formula is C22H20N4OS. The Labute approximate surface area is 167 Å². The quantitative estimate of drug-likeness (QED) is 0.524. The van der Waals surface area contributed by atoms with Crippen LogP contribution in [0.1, 0.15) is 27.2 Å². The second-order valence-electron chi connectivity index (χ2n) is 6.78. The van der Waals surface area contributed by atoms with Crippen molar-refractivity contribution < 1.29 is 4.79 Å². The van der Waals surface area contributed by atoms with Crippen LogP contribution in [-0.2, 0) is 0 Å². The number of anilines is 1. The van der Waals surface area contributed by atoms with Crippen LogP contribution in [0.25, 0.3) is 16.4 Å². The van der Waals surface area contributed by atoms with Gasteiger partial charge in [0, 0.05) is 22.6 Å². The summed E-state index contributed by atoms with van der Waals surface area (Å²) in [6.45, 7) is 5.95. The van der Waals surface area contributed by atoms with E-state index in [0.29, 0.717) is 16.5 Å². The molecule has 0 fully saturated rings. The van der Waals surface area contributed by atoms with Crippen LogP contribution < -0.4 is 5.32 Å². The van der Waals surface area contributed by atoms with Crippen molar-refractivity contribution in [2.75, 3.05) is 5.32 Å². The van der Waals surface area contributed by atoms with Gasteiger partial charge in [-0.15, -0.1) is 11.3 Å². The van der Waals surface area contributed by atoms with E-state index >= 15 is 0 Å². The minimum Gasteiger partial charge on any atom is -0.306 e. The number of aromatic nitrogens is 3. The first-order chi connectivity index (χ1) is 13.5. The molecule has 2 aromatic carbocycles. The third kappa shape index (κ3) is 3.73. The summed E-state index contributed by atoms with van der Waals surface area (Å²) in [4.78, 5) is 17.3. The van der Waals surface area contributed by atoms with Gasteiger partial charge in [-0.3, -0.25) is 4.79 Å². The summed E-state index contributed by atoms with van der Waals surface area (Å²) in [5.41, 5.74) is 5.69. The van der Waals surface area contributed by atoms with Crippen LogP contribution in [0.2, 0.25) is 0 Å². The Hall–Kier alpha value is -3.25. The van der Waals surface area contributed by atoms with Gasteiger partial charge in [0.1, 0.15) is 5.82 Å². The zero-order valence-corrected chi connectivity index (χ0v) is 16.7. The van der Waals surface area contributed by atoms with Crippen molar-refractivity contribution in [3.05, 3.63) is 82.4 Å². The SMILES string of the molecule is Cc1ccc(C(=O)Nc2cc(C)nn2-c2nc(-c3ccc(C)cc3)cs2)cc1. The van der Waals surface area contributed by atoms with Gasteiger partial charge in [-0.2, -0.15) is 9.78 Å². The molecule has 0 spiro atoms. The molecule has 0 aliphatic heterocycles. The maximum absolute atomic E-state index is 12.6. The fraction of sp³-hybridized carbons (Fsp3) is 0.136. The van der Waals surface area contributed by atoms with E-state index in [2.05, 4.69) is 41.6 Å². The largest absolute Gasteiger partial charge is 0.306 e. The van der Waals surface area contributed by atoms with E-state index in [9.17, 15) is 4.79 Å². The van der Waals surface area contributed by atoms with Crippen LogP contribution in [0, 0.1) is 20.8 Å². The molecule has 0 unspecified atom stereocenters. The van der Waals surface area contributed by atoms with Gasteiger partial charge in [0.2, 0.25) is 5.13 Å². The van der Waals surface area contributed by atoms with Gasteiger partial charge >= 0.3 is 0 Å². The molecule has 4 aromatic rings. The Morgan fingerprint density at radius 3 is 2.29 bits per heavy atom. The van der Waals surface area contributed by atoms with E-state index < -0.39 is 0 Å². The summed E-state index contributed by atoms with van der Waals surface area (Å²) in [6, 6.07) is 17.6. The van der Waals surface area contributed by atoms with Crippen molar-refractivity contribution >= 4 is 23.1 Å². The number of nitrogens with one attached hydrogen (secondary N) is 1. The Balaban J connectivity index is 1.62. The van der Waals surface area contributed by atoms with Gasteiger partial charge < -0.3 is 5.32 Å². The summed E-state index contributed by atoms with van der Waals surface area (Å²) in [5, 5.41) is 10.2. The zero-order chi connectivity index (χ0) is 19.7. The Kier molecular flexibility index (Phi) is 4.79. The first-order valence-electron chi connectivity index (χ1n) is 8.97. The summed E-state index contributed by atoms with van der Waals surface area (Å²) in [5.74, 6) is 0.435. The molecule has 0 bridgehead atoms. The highest BCUT2D eigenvalue weighted by Crippen LogP contribution is 2.26. The number of hydrogen-bond acceptors (Lipinski definition) is 4. The Morgan fingerprint density at radius 1 is 0.964 bits per heavy atom. The number of amides is 1. The van der Waals surface area contributed by atoms with E-state index in [1.807, 2.05) is 49.6 Å². The van der Waals surface area contributed by atoms with Crippen molar-refractivity contribution in [3.63, 3.8) is 0 Å². The molecule has 0 radical (unpaired) electrons. The van der Waals surface area contributed by atoms with Gasteiger partial charge in [0.15, 0.2) is 0 Å². The van der Waals surface area contributed by atoms with Crippen LogP contribution in [-0.4, -0.2) is 20.7 Å². The summed E-state index contributed by atoms with van der Waals surface area (Å²) < 4.78 is 1.68. The predicted molar refractivity (Wildman–Crippen MR) is 113 cm³/mol. The minimum absolute atomic E-state index is 0.170. The number of aryl methyl sites for hydroxylation is 3. The molecule has 140 valence electrons. The first kappa shape index (κ1) is 18.1. The molecule has 0 aliphatic rings. The molecule has 6 heteroatoms. The van der Waals surface area contributed by atoms with Crippen LogP contribution in [0.4, 0.5) is 5.82 Å². The second-order valence-corrected chi connectivity index (χ2v) is 7.62. The van der Waals surface area contributed by atoms with Crippen LogP contribution in [0.5, 0.6) is 0 Å². The molecule has 28 heavy (non-hydrogen) atoms. The lowest BCUT2D eigenvalue weighted by molar-refractivity contribution is 0.102. The molecule has 5 nitrogen and oxygen atoms in total. The van der Waals surface area contributed by atoms with Crippen molar-refractivity contribution in [2.24, 2.45) is 0 Å². The van der Waals surface area contributed by atoms with Gasteiger partial charge in [0.25, 0.3) is 5.91 Å². The predicted octanol–water partition coefficient (Wildman–Crippen LogP) is 5.17. The average Bonchev–Trinajstić information content (AvgIpc) is 3.29. The molecule has 1 amide bonds. The third-order valence-electron chi connectivity index (χ3n) is 4.41. The summed E-state index contributed by atoms with van der Waals surface area (Å²) in [6.07, 6.45) is 0. The van der Waals surface area contributed by atoms with E-state index in [1.54, 1.807) is 4.68 Å². The number of carbonyl (C=O) groups is 1. The molecule has 0 atom stereocenters. The number of carbonyl (C=O) groups excluding carboxylic acids is 1. The van der Waals surface area contributed by atoms with Gasteiger partial charge in [-0.1, -0.05) is 47.5 Å². The molecule has 1 N–H and O–H groups in total. The highest BCUT2D eigenvalue weighted by atomic mass is 32.1. The monoisotopic (exact) mass is 388 g/mol. The third-order valence-corrected chi connectivity index (χ3v) is 5.22. The number of rotatable bonds is 4. The zero-order valence-electron chi connectivity index (χ0n) is 15.9. The van der Waals surface area contributed by atoms with Crippen molar-refractivity contribution in [2.45, 2.75) is 20.8 Å². The second kappa shape index (κ2) is 7.40. The normalized spacial score (nSPS) is 10.8. The summed E-state index contributed by atoms with van der Waals surface area (Å²) >= 11 is 1.49. The lowest BCUT2D eigenvalue weighted by Gasteiger charge is -2.07. The van der Waals surface area contributed by atoms with E-state index in [1.165, 1.54) is 16.9 Å². The molecule has 0 saturated carbocycles. The molecule has 2 aromatic heterocycles. The van der Waals surface area contributed by atoms with E-state index in [-0.39, 0.29) is 5.91 Å². The van der Waals surface area contributed by atoms with Crippen molar-refractivity contribution in [3.8, 4) is 16.4 Å². The highest BCUT2D eigenvalue weighted by molar-refractivity contribution is 7.12. The fourth-order valence-corrected chi connectivity index (χ4v) is 3.64. The van der Waals surface area contributed by atoms with Crippen LogP contribution in [0.3, 0.4) is 0 Å². The Morgan fingerprint density at radius 2 is 1.61 bits per heavy atom. The topological polar surface area (TPSA) is 59.8 Å². The van der Waals surface area contributed by atoms with Crippen LogP contribution >= 0.6 is 11.3 Å². The maximum atomic E-state index is 12.6. The van der Waals surface area contributed by atoms with Gasteiger partial charge in [-0.05, 0) is 32.9 Å². The minimum atomic E-state index is -0.170. The lowest BCUT2D eigenvalue weighted by atomic mass is 10.1. The van der Waals surface area contributed by atoms with E-state index in [0.717, 1.165) is 22.5 Å². The van der Waals surface area contributed by atoms with Crippen molar-refractivity contribution in [1.29, 1.82) is 0 Å². The fourth-order valence-electron chi connectivity index (χ4n) is 2.85. The maximum Gasteiger partial charge on any atom is 0.256 e. The number of benzene rings is 2. The van der Waals surface area contributed by atoms with Crippen LogP contribution in [0.15, 0.2) is 60.0 Å². The molecule has 0 aliphatic carbocycles. The molecule has 2 heterocycles. The standard InChI is InChI=1S/C22H20N4OS/c1-14-4-8-17(9-5-14)19-13-28-22(23-19)26-20(12-16(3)25-26)24-21(27)18-10-6-15(2)7-11-18/h4-13H,1-3H3,(H,24,27). The average molecular weight is 388 g/mol. The smallest absolute Gasteiger partial charge is 0.256 e. The lowest BCUT2D eigenvalue weighted by Crippen LogP contribution is -2.15. The first-order valence-corrected chi connectivity index (χ1v) is 9.85. The number of thiazole rings is 1. The van der Waals surface area contributed by atoms with Gasteiger partial charge in [0.05, 0.1) is 11.4 Å². The number of nitrogens with zero attached hydrogens (tertiary/aromatic N) is 3.